The summed E-state index contributed by atoms with van der Waals surface area (Å²) < 4.78 is 5.15. The van der Waals surface area contributed by atoms with Crippen LogP contribution < -0.4 is 0 Å². The molecule has 0 amide bonds. The van der Waals surface area contributed by atoms with Crippen molar-refractivity contribution < 1.29 is 14.3 Å². The van der Waals surface area contributed by atoms with Gasteiger partial charge in [-0.05, 0) is 36.5 Å². The average Bonchev–Trinajstić information content (AvgIpc) is 2.91. The lowest BCUT2D eigenvalue weighted by molar-refractivity contribution is -0.154. The van der Waals surface area contributed by atoms with Crippen LogP contribution in [0.4, 0.5) is 0 Å². The molecule has 0 radical (unpaired) electrons. The molecule has 4 aliphatic rings. The molecule has 0 bridgehead atoms. The van der Waals surface area contributed by atoms with Gasteiger partial charge in [-0.15, -0.1) is 0 Å². The first kappa shape index (κ1) is 14.8. The van der Waals surface area contributed by atoms with Gasteiger partial charge in [0.1, 0.15) is 0 Å². The molecular weight excluding hydrogens is 320 g/mol. The number of ether oxygens (including phenoxy) is 1. The van der Waals surface area contributed by atoms with Gasteiger partial charge in [0.2, 0.25) is 0 Å². The normalized spacial score (nSPS) is 37.8. The summed E-state index contributed by atoms with van der Waals surface area (Å²) in [5.74, 6) is 0.233. The zero-order valence-electron chi connectivity index (χ0n) is 13.4. The van der Waals surface area contributed by atoms with Crippen LogP contribution in [-0.2, 0) is 14.3 Å². The highest BCUT2D eigenvalue weighted by atomic mass is 32.2. The Morgan fingerprint density at radius 1 is 1.00 bits per heavy atom. The molecule has 1 aromatic rings. The van der Waals surface area contributed by atoms with Crippen LogP contribution in [0.1, 0.15) is 37.2 Å². The molecule has 2 heterocycles. The number of esters is 2. The summed E-state index contributed by atoms with van der Waals surface area (Å²) >= 11 is 2.04. The first-order chi connectivity index (χ1) is 11.8. The van der Waals surface area contributed by atoms with E-state index in [1.165, 1.54) is 17.6 Å². The summed E-state index contributed by atoms with van der Waals surface area (Å²) in [6.07, 6.45) is 4.43. The minimum absolute atomic E-state index is 0.0305. The highest BCUT2D eigenvalue weighted by Gasteiger charge is 2.58. The molecule has 5 atom stereocenters. The van der Waals surface area contributed by atoms with E-state index in [4.69, 9.17) is 4.74 Å². The van der Waals surface area contributed by atoms with Crippen LogP contribution >= 0.6 is 11.8 Å². The van der Waals surface area contributed by atoms with Gasteiger partial charge in [-0.1, -0.05) is 47.9 Å². The van der Waals surface area contributed by atoms with Crippen LogP contribution in [-0.4, -0.2) is 22.9 Å². The van der Waals surface area contributed by atoms with Crippen molar-refractivity contribution in [1.29, 1.82) is 0 Å². The van der Waals surface area contributed by atoms with E-state index in [0.717, 1.165) is 30.6 Å². The van der Waals surface area contributed by atoms with Gasteiger partial charge in [0, 0.05) is 11.2 Å². The molecule has 0 aromatic heterocycles. The lowest BCUT2D eigenvalue weighted by atomic mass is 9.59. The number of hydrogen-bond acceptors (Lipinski definition) is 4. The highest BCUT2D eigenvalue weighted by Crippen LogP contribution is 2.58. The summed E-state index contributed by atoms with van der Waals surface area (Å²) in [6, 6.07) is 10.3. The van der Waals surface area contributed by atoms with E-state index in [1.807, 2.05) is 30.0 Å². The van der Waals surface area contributed by atoms with Gasteiger partial charge in [0.25, 0.3) is 0 Å². The van der Waals surface area contributed by atoms with Gasteiger partial charge in [-0.2, -0.15) is 11.8 Å². The third kappa shape index (κ3) is 1.98. The quantitative estimate of drug-likeness (QED) is 0.444. The predicted molar refractivity (Wildman–Crippen MR) is 92.5 cm³/mol. The van der Waals surface area contributed by atoms with Crippen molar-refractivity contribution in [3.05, 3.63) is 47.0 Å². The molecule has 124 valence electrons. The molecule has 4 heteroatoms. The molecule has 0 unspecified atom stereocenters. The molecular formula is C20H20O3S. The first-order valence-corrected chi connectivity index (χ1v) is 9.95. The van der Waals surface area contributed by atoms with Crippen molar-refractivity contribution in [2.75, 3.05) is 5.75 Å². The lowest BCUT2D eigenvalue weighted by Crippen LogP contribution is -2.43. The molecule has 3 nitrogen and oxygen atoms in total. The Balaban J connectivity index is 1.73. The molecule has 24 heavy (non-hydrogen) atoms. The average molecular weight is 340 g/mol. The van der Waals surface area contributed by atoms with E-state index in [-0.39, 0.29) is 35.6 Å². The lowest BCUT2D eigenvalue weighted by Gasteiger charge is -2.47. The zero-order valence-corrected chi connectivity index (χ0v) is 14.3. The number of carbonyl (C=O) groups is 2. The van der Waals surface area contributed by atoms with Crippen molar-refractivity contribution in [3.63, 3.8) is 0 Å². The number of hydrogen-bond donors (Lipinski definition) is 0. The minimum Gasteiger partial charge on any atom is -0.393 e. The Labute approximate surface area is 145 Å². The smallest absolute Gasteiger partial charge is 0.318 e. The van der Waals surface area contributed by atoms with Crippen LogP contribution in [0.5, 0.6) is 0 Å². The Morgan fingerprint density at radius 2 is 1.79 bits per heavy atom. The minimum atomic E-state index is -0.314. The van der Waals surface area contributed by atoms with E-state index >= 15 is 0 Å². The van der Waals surface area contributed by atoms with Crippen LogP contribution in [0.15, 0.2) is 41.5 Å². The SMILES string of the molecule is O=C1OC(=O)[C@H]2[C@@H]1[C@@H](c1ccccc1)C1=C3[C@H]2CCC[C@H]3SCC1. The maximum Gasteiger partial charge on any atom is 0.318 e. The number of cyclic esters (lactones) is 2. The van der Waals surface area contributed by atoms with Gasteiger partial charge in [-0.25, -0.2) is 0 Å². The molecule has 2 aliphatic heterocycles. The van der Waals surface area contributed by atoms with Crippen molar-refractivity contribution in [2.24, 2.45) is 17.8 Å². The van der Waals surface area contributed by atoms with Crippen molar-refractivity contribution >= 4 is 23.7 Å². The summed E-state index contributed by atoms with van der Waals surface area (Å²) in [4.78, 5) is 25.1. The van der Waals surface area contributed by atoms with E-state index in [2.05, 4.69) is 12.1 Å². The fourth-order valence-corrected chi connectivity index (χ4v) is 6.89. The first-order valence-electron chi connectivity index (χ1n) is 8.90. The second-order valence-electron chi connectivity index (χ2n) is 7.31. The van der Waals surface area contributed by atoms with Gasteiger partial charge < -0.3 is 4.74 Å². The van der Waals surface area contributed by atoms with Crippen molar-refractivity contribution in [3.8, 4) is 0 Å². The number of rotatable bonds is 1. The summed E-state index contributed by atoms with van der Waals surface area (Å²) in [5.41, 5.74) is 4.11. The number of thioether (sulfide) groups is 1. The number of carbonyl (C=O) groups excluding carboxylic acids is 2. The van der Waals surface area contributed by atoms with Gasteiger partial charge in [0.15, 0.2) is 0 Å². The Morgan fingerprint density at radius 3 is 2.62 bits per heavy atom. The van der Waals surface area contributed by atoms with Crippen LogP contribution in [0.3, 0.4) is 0 Å². The van der Waals surface area contributed by atoms with Crippen molar-refractivity contribution in [1.82, 2.24) is 0 Å². The van der Waals surface area contributed by atoms with Gasteiger partial charge in [-0.3, -0.25) is 9.59 Å². The molecule has 1 saturated heterocycles. The molecule has 0 spiro atoms. The second kappa shape index (κ2) is 5.48. The summed E-state index contributed by atoms with van der Waals surface area (Å²) in [7, 11) is 0. The molecule has 1 aromatic carbocycles. The summed E-state index contributed by atoms with van der Waals surface area (Å²) in [6.45, 7) is 0. The third-order valence-corrected chi connectivity index (χ3v) is 7.58. The Bertz CT molecular complexity index is 739. The molecule has 0 N–H and O–H groups in total. The van der Waals surface area contributed by atoms with E-state index in [9.17, 15) is 9.59 Å². The maximum absolute atomic E-state index is 12.6. The van der Waals surface area contributed by atoms with Crippen LogP contribution in [0, 0.1) is 17.8 Å². The van der Waals surface area contributed by atoms with Gasteiger partial charge >= 0.3 is 11.9 Å². The van der Waals surface area contributed by atoms with Crippen LogP contribution in [0.25, 0.3) is 0 Å². The maximum atomic E-state index is 12.6. The molecule has 2 aliphatic carbocycles. The Hall–Kier alpha value is -1.55. The molecule has 5 rings (SSSR count). The molecule has 1 saturated carbocycles. The second-order valence-corrected chi connectivity index (χ2v) is 8.62. The van der Waals surface area contributed by atoms with Gasteiger partial charge in [0.05, 0.1) is 11.8 Å². The van der Waals surface area contributed by atoms with E-state index in [1.54, 1.807) is 0 Å². The highest BCUT2D eigenvalue weighted by molar-refractivity contribution is 8.00. The largest absolute Gasteiger partial charge is 0.393 e. The van der Waals surface area contributed by atoms with E-state index in [0.29, 0.717) is 5.25 Å². The topological polar surface area (TPSA) is 43.4 Å². The van der Waals surface area contributed by atoms with Crippen LogP contribution in [0.2, 0.25) is 0 Å². The Kier molecular flexibility index (Phi) is 3.37. The third-order valence-electron chi connectivity index (χ3n) is 6.25. The number of fused-ring (bicyclic) bond motifs is 2. The standard InChI is InChI=1S/C20H20O3S/c21-19-17-12-7-4-8-14-16(12)13(9-10-24-14)15(18(17)20(22)23-19)11-5-2-1-3-6-11/h1-3,5-6,12,14-15,17-18H,4,7-10H2/t12-,14-,15+,17-,18+/m1/s1. The fourth-order valence-electron chi connectivity index (χ4n) is 5.43. The fraction of sp³-hybridized carbons (Fsp3) is 0.500. The zero-order chi connectivity index (χ0) is 16.3. The number of allylic oxidation sites excluding steroid dienone is 1. The summed E-state index contributed by atoms with van der Waals surface area (Å²) in [5, 5.41) is 0.545. The monoisotopic (exact) mass is 340 g/mol. The van der Waals surface area contributed by atoms with Crippen molar-refractivity contribution in [2.45, 2.75) is 36.9 Å². The number of benzene rings is 1. The molecule has 2 fully saturated rings. The van der Waals surface area contributed by atoms with E-state index < -0.39 is 0 Å². The predicted octanol–water partition coefficient (Wildman–Crippen LogP) is 3.70.